The zero-order chi connectivity index (χ0) is 15.4. The van der Waals surface area contributed by atoms with Gasteiger partial charge in [0.15, 0.2) is 5.82 Å². The summed E-state index contributed by atoms with van der Waals surface area (Å²) in [7, 11) is 0. The van der Waals surface area contributed by atoms with Crippen molar-refractivity contribution in [3.8, 4) is 5.69 Å². The summed E-state index contributed by atoms with van der Waals surface area (Å²) in [6, 6.07) is 6.28. The van der Waals surface area contributed by atoms with E-state index in [4.69, 9.17) is 0 Å². The lowest BCUT2D eigenvalue weighted by atomic mass is 10.2. The van der Waals surface area contributed by atoms with Gasteiger partial charge in [-0.15, -0.1) is 0 Å². The first-order chi connectivity index (χ1) is 10.7. The Balaban J connectivity index is 1.70. The smallest absolute Gasteiger partial charge is 0.248 e. The van der Waals surface area contributed by atoms with Crippen LogP contribution in [0.5, 0.6) is 0 Å². The van der Waals surface area contributed by atoms with E-state index in [0.717, 1.165) is 5.56 Å². The molecule has 0 aliphatic carbocycles. The lowest BCUT2D eigenvalue weighted by Crippen LogP contribution is -2.08. The van der Waals surface area contributed by atoms with Gasteiger partial charge < -0.3 is 5.32 Å². The van der Waals surface area contributed by atoms with E-state index in [1.165, 1.54) is 35.5 Å². The third-order valence-corrected chi connectivity index (χ3v) is 3.55. The molecule has 0 aliphatic heterocycles. The number of carbonyl (C=O) groups excluding carboxylic acids is 1. The quantitative estimate of drug-likeness (QED) is 0.753. The van der Waals surface area contributed by atoms with Gasteiger partial charge in [-0.25, -0.2) is 14.1 Å². The van der Waals surface area contributed by atoms with E-state index in [9.17, 15) is 9.18 Å². The molecule has 0 fully saturated rings. The minimum atomic E-state index is -0.495. The third-order valence-electron chi connectivity index (χ3n) is 2.85. The van der Waals surface area contributed by atoms with Gasteiger partial charge in [0.05, 0.1) is 0 Å². The number of hydrogen-bond acceptors (Lipinski definition) is 4. The molecule has 22 heavy (non-hydrogen) atoms. The van der Waals surface area contributed by atoms with Gasteiger partial charge >= 0.3 is 0 Å². The van der Waals surface area contributed by atoms with E-state index in [1.807, 2.05) is 16.8 Å². The van der Waals surface area contributed by atoms with Crippen LogP contribution in [-0.4, -0.2) is 20.7 Å². The Kier molecular flexibility index (Phi) is 4.06. The predicted octanol–water partition coefficient (Wildman–Crippen LogP) is 3.12. The number of aromatic nitrogens is 3. The van der Waals surface area contributed by atoms with Crippen LogP contribution in [0.15, 0.2) is 53.8 Å². The van der Waals surface area contributed by atoms with E-state index >= 15 is 0 Å². The topological polar surface area (TPSA) is 59.8 Å². The van der Waals surface area contributed by atoms with Crippen LogP contribution in [-0.2, 0) is 4.79 Å². The van der Waals surface area contributed by atoms with Crippen LogP contribution in [0.2, 0.25) is 0 Å². The van der Waals surface area contributed by atoms with Gasteiger partial charge in [0.1, 0.15) is 18.3 Å². The fourth-order valence-electron chi connectivity index (χ4n) is 1.83. The van der Waals surface area contributed by atoms with Gasteiger partial charge in [0.25, 0.3) is 0 Å². The van der Waals surface area contributed by atoms with Gasteiger partial charge in [-0.2, -0.15) is 16.4 Å². The molecule has 0 saturated carbocycles. The number of hydrogen-bond donors (Lipinski definition) is 1. The Bertz CT molecular complexity index is 797. The van der Waals surface area contributed by atoms with Crippen LogP contribution >= 0.6 is 11.3 Å². The summed E-state index contributed by atoms with van der Waals surface area (Å²) in [5.41, 5.74) is 1.60. The van der Waals surface area contributed by atoms with Gasteiger partial charge in [-0.1, -0.05) is 0 Å². The highest BCUT2D eigenvalue weighted by atomic mass is 32.1. The number of carbonyl (C=O) groups is 1. The second-order valence-electron chi connectivity index (χ2n) is 4.39. The number of benzene rings is 1. The van der Waals surface area contributed by atoms with Crippen molar-refractivity contribution in [2.45, 2.75) is 0 Å². The minimum absolute atomic E-state index is 0.268. The minimum Gasteiger partial charge on any atom is -0.322 e. The summed E-state index contributed by atoms with van der Waals surface area (Å²) in [5.74, 6) is -0.816. The highest BCUT2D eigenvalue weighted by Crippen LogP contribution is 2.17. The van der Waals surface area contributed by atoms with Crippen molar-refractivity contribution in [3.05, 3.63) is 65.1 Å². The van der Waals surface area contributed by atoms with E-state index < -0.39 is 5.82 Å². The molecule has 0 spiro atoms. The van der Waals surface area contributed by atoms with Crippen LogP contribution in [0.1, 0.15) is 5.56 Å². The van der Waals surface area contributed by atoms with Gasteiger partial charge in [-0.3, -0.25) is 4.79 Å². The van der Waals surface area contributed by atoms with E-state index in [-0.39, 0.29) is 11.6 Å². The maximum atomic E-state index is 14.0. The van der Waals surface area contributed by atoms with Crippen LogP contribution in [0.4, 0.5) is 10.1 Å². The number of anilines is 1. The summed E-state index contributed by atoms with van der Waals surface area (Å²) in [4.78, 5) is 15.6. The summed E-state index contributed by atoms with van der Waals surface area (Å²) in [6.07, 6.45) is 5.84. The first-order valence-corrected chi connectivity index (χ1v) is 7.32. The van der Waals surface area contributed by atoms with Crippen LogP contribution < -0.4 is 5.32 Å². The van der Waals surface area contributed by atoms with Crippen molar-refractivity contribution in [2.75, 3.05) is 5.32 Å². The molecule has 2 heterocycles. The summed E-state index contributed by atoms with van der Waals surface area (Å²) in [6.45, 7) is 0. The molecule has 1 aromatic carbocycles. The molecule has 1 amide bonds. The van der Waals surface area contributed by atoms with E-state index in [0.29, 0.717) is 5.69 Å². The number of halogens is 1. The zero-order valence-corrected chi connectivity index (χ0v) is 12.1. The molecule has 110 valence electrons. The number of nitrogens with zero attached hydrogens (tertiary/aromatic N) is 3. The summed E-state index contributed by atoms with van der Waals surface area (Å²) >= 11 is 1.55. The Morgan fingerprint density at radius 2 is 2.27 bits per heavy atom. The highest BCUT2D eigenvalue weighted by Gasteiger charge is 2.07. The second kappa shape index (κ2) is 6.31. The Labute approximate surface area is 129 Å². The average Bonchev–Trinajstić information content (AvgIpc) is 3.19. The normalized spacial score (nSPS) is 11.0. The summed E-state index contributed by atoms with van der Waals surface area (Å²) in [5, 5.41) is 10.3. The maximum absolute atomic E-state index is 14.0. The molecular formula is C15H11FN4OS. The summed E-state index contributed by atoms with van der Waals surface area (Å²) < 4.78 is 15.3. The number of amides is 1. The second-order valence-corrected chi connectivity index (χ2v) is 5.17. The molecule has 5 nitrogen and oxygen atoms in total. The molecule has 0 unspecified atom stereocenters. The third kappa shape index (κ3) is 3.26. The van der Waals surface area contributed by atoms with Crippen molar-refractivity contribution in [3.63, 3.8) is 0 Å². The molecule has 0 aliphatic rings. The number of nitrogens with one attached hydrogen (secondary N) is 1. The lowest BCUT2D eigenvalue weighted by molar-refractivity contribution is -0.111. The molecule has 3 rings (SSSR count). The van der Waals surface area contributed by atoms with Crippen molar-refractivity contribution < 1.29 is 9.18 Å². The van der Waals surface area contributed by atoms with Crippen molar-refractivity contribution in [1.29, 1.82) is 0 Å². The molecule has 1 N–H and O–H groups in total. The Hall–Kier alpha value is -2.80. The standard InChI is InChI=1S/C15H11FN4OS/c16-13-7-12(2-3-14(13)20-10-17-9-18-20)19-15(21)4-1-11-5-6-22-8-11/h1-10H,(H,19,21)/b4-1+. The SMILES string of the molecule is O=C(/C=C/c1ccsc1)Nc1ccc(-n2cncn2)c(F)c1. The lowest BCUT2D eigenvalue weighted by Gasteiger charge is -2.06. The first kappa shape index (κ1) is 14.2. The molecule has 0 saturated heterocycles. The Morgan fingerprint density at radius 3 is 2.95 bits per heavy atom. The maximum Gasteiger partial charge on any atom is 0.248 e. The van der Waals surface area contributed by atoms with Crippen LogP contribution in [0.25, 0.3) is 11.8 Å². The monoisotopic (exact) mass is 314 g/mol. The average molecular weight is 314 g/mol. The van der Waals surface area contributed by atoms with Crippen LogP contribution in [0, 0.1) is 5.82 Å². The highest BCUT2D eigenvalue weighted by molar-refractivity contribution is 7.08. The predicted molar refractivity (Wildman–Crippen MR) is 83.3 cm³/mol. The van der Waals surface area contributed by atoms with Crippen molar-refractivity contribution in [1.82, 2.24) is 14.8 Å². The molecule has 3 aromatic rings. The molecule has 7 heteroatoms. The van der Waals surface area contributed by atoms with Gasteiger partial charge in [0.2, 0.25) is 5.91 Å². The molecule has 2 aromatic heterocycles. The van der Waals surface area contributed by atoms with Crippen molar-refractivity contribution >= 4 is 29.0 Å². The van der Waals surface area contributed by atoms with Crippen molar-refractivity contribution in [2.24, 2.45) is 0 Å². The Morgan fingerprint density at radius 1 is 1.36 bits per heavy atom. The molecular weight excluding hydrogens is 303 g/mol. The largest absolute Gasteiger partial charge is 0.322 e. The fraction of sp³-hybridized carbons (Fsp3) is 0. The van der Waals surface area contributed by atoms with Gasteiger partial charge in [0, 0.05) is 11.8 Å². The van der Waals surface area contributed by atoms with Crippen LogP contribution in [0.3, 0.4) is 0 Å². The number of rotatable bonds is 4. The molecule has 0 atom stereocenters. The number of thiophene rings is 1. The van der Waals surface area contributed by atoms with Gasteiger partial charge in [-0.05, 0) is 46.7 Å². The molecule has 0 radical (unpaired) electrons. The molecule has 0 bridgehead atoms. The fourth-order valence-corrected chi connectivity index (χ4v) is 2.46. The van der Waals surface area contributed by atoms with E-state index in [1.54, 1.807) is 23.5 Å². The zero-order valence-electron chi connectivity index (χ0n) is 11.3. The van der Waals surface area contributed by atoms with E-state index in [2.05, 4.69) is 15.4 Å². The first-order valence-electron chi connectivity index (χ1n) is 6.38.